The second-order valence-corrected chi connectivity index (χ2v) is 6.96. The van der Waals surface area contributed by atoms with Crippen molar-refractivity contribution in [3.05, 3.63) is 76.5 Å². The first-order valence-corrected chi connectivity index (χ1v) is 8.43. The van der Waals surface area contributed by atoms with Gasteiger partial charge in [0.2, 0.25) is 0 Å². The first-order chi connectivity index (χ1) is 11.0. The number of fused-ring (bicyclic) bond motifs is 1. The minimum absolute atomic E-state index is 0.139. The van der Waals surface area contributed by atoms with Crippen LogP contribution in [0.1, 0.15) is 5.56 Å². The number of hydrogen-bond donors (Lipinski definition) is 0. The highest BCUT2D eigenvalue weighted by atomic mass is 32.2. The van der Waals surface area contributed by atoms with E-state index in [9.17, 15) is 18.5 Å². The molecule has 0 atom stereocenters. The van der Waals surface area contributed by atoms with Gasteiger partial charge < -0.3 is 0 Å². The maximum atomic E-state index is 12.5. The molecule has 0 aliphatic rings. The zero-order valence-electron chi connectivity index (χ0n) is 11.9. The summed E-state index contributed by atoms with van der Waals surface area (Å²) in [6.45, 7) is 0. The molecule has 1 heterocycles. The SMILES string of the molecule is O=[N+]([O-])c1c(CS(=O)(=O)c2ccccc2)ccc2ncccc12. The Bertz CT molecular complexity index is 985. The molecule has 0 aliphatic carbocycles. The summed E-state index contributed by atoms with van der Waals surface area (Å²) >= 11 is 0. The predicted octanol–water partition coefficient (Wildman–Crippen LogP) is 3.12. The van der Waals surface area contributed by atoms with Gasteiger partial charge in [-0.2, -0.15) is 0 Å². The number of rotatable bonds is 4. The highest BCUT2D eigenvalue weighted by Gasteiger charge is 2.24. The second kappa shape index (κ2) is 5.77. The van der Waals surface area contributed by atoms with E-state index in [4.69, 9.17) is 0 Å². The summed E-state index contributed by atoms with van der Waals surface area (Å²) in [6, 6.07) is 14.1. The van der Waals surface area contributed by atoms with Crippen molar-refractivity contribution in [3.8, 4) is 0 Å². The standard InChI is InChI=1S/C16H12N2O4S/c19-18(20)16-12(8-9-15-14(16)7-4-10-17-15)11-23(21,22)13-5-2-1-3-6-13/h1-10H,11H2. The summed E-state index contributed by atoms with van der Waals surface area (Å²) < 4.78 is 24.9. The maximum Gasteiger partial charge on any atom is 0.282 e. The van der Waals surface area contributed by atoms with E-state index in [2.05, 4.69) is 4.98 Å². The molecule has 0 amide bonds. The third-order valence-electron chi connectivity index (χ3n) is 3.47. The van der Waals surface area contributed by atoms with Gasteiger partial charge in [-0.15, -0.1) is 0 Å². The number of sulfone groups is 1. The minimum atomic E-state index is -3.66. The molecule has 0 spiro atoms. The topological polar surface area (TPSA) is 90.2 Å². The summed E-state index contributed by atoms with van der Waals surface area (Å²) in [7, 11) is -3.66. The second-order valence-electron chi connectivity index (χ2n) is 4.97. The summed E-state index contributed by atoms with van der Waals surface area (Å²) in [5.41, 5.74) is 0.398. The first kappa shape index (κ1) is 15.1. The molecule has 3 rings (SSSR count). The lowest BCUT2D eigenvalue weighted by atomic mass is 10.1. The van der Waals surface area contributed by atoms with Crippen molar-refractivity contribution in [3.63, 3.8) is 0 Å². The van der Waals surface area contributed by atoms with E-state index in [1.54, 1.807) is 36.4 Å². The number of aromatic nitrogens is 1. The van der Waals surface area contributed by atoms with Crippen molar-refractivity contribution in [2.75, 3.05) is 0 Å². The predicted molar refractivity (Wildman–Crippen MR) is 85.7 cm³/mol. The number of hydrogen-bond acceptors (Lipinski definition) is 5. The van der Waals surface area contributed by atoms with Gasteiger partial charge in [0.1, 0.15) is 0 Å². The van der Waals surface area contributed by atoms with Crippen LogP contribution in [0.15, 0.2) is 65.7 Å². The zero-order chi connectivity index (χ0) is 16.4. The third kappa shape index (κ3) is 2.91. The molecule has 0 bridgehead atoms. The molecule has 0 radical (unpaired) electrons. The van der Waals surface area contributed by atoms with Crippen LogP contribution in [0.5, 0.6) is 0 Å². The number of benzene rings is 2. The highest BCUT2D eigenvalue weighted by Crippen LogP contribution is 2.31. The molecular weight excluding hydrogens is 316 g/mol. The Kier molecular flexibility index (Phi) is 3.79. The van der Waals surface area contributed by atoms with Crippen molar-refractivity contribution in [1.29, 1.82) is 0 Å². The van der Waals surface area contributed by atoms with E-state index >= 15 is 0 Å². The average molecular weight is 328 g/mol. The van der Waals surface area contributed by atoms with Gasteiger partial charge in [0.05, 0.1) is 26.5 Å². The molecule has 116 valence electrons. The van der Waals surface area contributed by atoms with Gasteiger partial charge in [-0.05, 0) is 36.4 Å². The molecule has 1 aromatic heterocycles. The van der Waals surface area contributed by atoms with E-state index in [1.165, 1.54) is 24.4 Å². The normalized spacial score (nSPS) is 11.5. The van der Waals surface area contributed by atoms with Crippen LogP contribution in [0.4, 0.5) is 5.69 Å². The fourth-order valence-corrected chi connectivity index (χ4v) is 3.81. The Morgan fingerprint density at radius 2 is 1.74 bits per heavy atom. The molecule has 2 aromatic carbocycles. The monoisotopic (exact) mass is 328 g/mol. The van der Waals surface area contributed by atoms with Crippen LogP contribution in [0.2, 0.25) is 0 Å². The van der Waals surface area contributed by atoms with Crippen LogP contribution in [-0.2, 0) is 15.6 Å². The molecule has 3 aromatic rings. The lowest BCUT2D eigenvalue weighted by Crippen LogP contribution is -2.07. The average Bonchev–Trinajstić information content (AvgIpc) is 2.55. The molecular formula is C16H12N2O4S. The van der Waals surface area contributed by atoms with Crippen molar-refractivity contribution in [2.24, 2.45) is 0 Å². The van der Waals surface area contributed by atoms with E-state index in [1.807, 2.05) is 0 Å². The van der Waals surface area contributed by atoms with Crippen LogP contribution in [0.3, 0.4) is 0 Å². The summed E-state index contributed by atoms with van der Waals surface area (Å²) in [6.07, 6.45) is 1.53. The van der Waals surface area contributed by atoms with Crippen molar-refractivity contribution >= 4 is 26.4 Å². The molecule has 0 aliphatic heterocycles. The summed E-state index contributed by atoms with van der Waals surface area (Å²) in [4.78, 5) is 15.1. The Labute approximate surface area is 132 Å². The van der Waals surface area contributed by atoms with E-state index < -0.39 is 20.5 Å². The Balaban J connectivity index is 2.14. The van der Waals surface area contributed by atoms with Crippen LogP contribution in [-0.4, -0.2) is 18.3 Å². The fourth-order valence-electron chi connectivity index (χ4n) is 2.43. The van der Waals surface area contributed by atoms with Crippen molar-refractivity contribution in [1.82, 2.24) is 4.98 Å². The Morgan fingerprint density at radius 1 is 1.00 bits per heavy atom. The number of pyridine rings is 1. The van der Waals surface area contributed by atoms with Crippen molar-refractivity contribution in [2.45, 2.75) is 10.6 Å². The molecule has 23 heavy (non-hydrogen) atoms. The summed E-state index contributed by atoms with van der Waals surface area (Å²) in [5.74, 6) is -0.432. The number of nitrogens with zero attached hydrogens (tertiary/aromatic N) is 2. The van der Waals surface area contributed by atoms with Gasteiger partial charge in [-0.1, -0.05) is 18.2 Å². The van der Waals surface area contributed by atoms with Crippen LogP contribution in [0.25, 0.3) is 10.9 Å². The Hall–Kier alpha value is -2.80. The smallest absolute Gasteiger partial charge is 0.258 e. The lowest BCUT2D eigenvalue weighted by Gasteiger charge is -2.07. The number of nitro benzene ring substituents is 1. The number of nitro groups is 1. The first-order valence-electron chi connectivity index (χ1n) is 6.78. The largest absolute Gasteiger partial charge is 0.282 e. The molecule has 0 saturated carbocycles. The van der Waals surface area contributed by atoms with Gasteiger partial charge in [0, 0.05) is 11.8 Å². The maximum absolute atomic E-state index is 12.5. The molecule has 0 saturated heterocycles. The summed E-state index contributed by atoms with van der Waals surface area (Å²) in [5, 5.41) is 11.8. The van der Waals surface area contributed by atoms with Gasteiger partial charge in [-0.25, -0.2) is 8.42 Å². The van der Waals surface area contributed by atoms with Gasteiger partial charge in [-0.3, -0.25) is 15.1 Å². The molecule has 6 nitrogen and oxygen atoms in total. The van der Waals surface area contributed by atoms with E-state index in [-0.39, 0.29) is 16.1 Å². The fraction of sp³-hybridized carbons (Fsp3) is 0.0625. The van der Waals surface area contributed by atoms with E-state index in [0.29, 0.717) is 10.9 Å². The van der Waals surface area contributed by atoms with E-state index in [0.717, 1.165) is 0 Å². The Morgan fingerprint density at radius 3 is 2.43 bits per heavy atom. The van der Waals surface area contributed by atoms with Gasteiger partial charge in [0.25, 0.3) is 5.69 Å². The van der Waals surface area contributed by atoms with Crippen molar-refractivity contribution < 1.29 is 13.3 Å². The van der Waals surface area contributed by atoms with Gasteiger partial charge in [0.15, 0.2) is 9.84 Å². The zero-order valence-corrected chi connectivity index (χ0v) is 12.7. The molecule has 0 fully saturated rings. The van der Waals surface area contributed by atoms with Crippen LogP contribution < -0.4 is 0 Å². The van der Waals surface area contributed by atoms with Gasteiger partial charge >= 0.3 is 0 Å². The molecule has 0 unspecified atom stereocenters. The highest BCUT2D eigenvalue weighted by molar-refractivity contribution is 7.90. The third-order valence-corrected chi connectivity index (χ3v) is 5.15. The molecule has 0 N–H and O–H groups in total. The van der Waals surface area contributed by atoms with Crippen LogP contribution >= 0.6 is 0 Å². The van der Waals surface area contributed by atoms with Crippen LogP contribution in [0, 0.1) is 10.1 Å². The lowest BCUT2D eigenvalue weighted by molar-refractivity contribution is -0.383. The minimum Gasteiger partial charge on any atom is -0.258 e. The quantitative estimate of drug-likeness (QED) is 0.542. The molecule has 7 heteroatoms.